The number of methoxy groups -OCH3 is 1. The van der Waals surface area contributed by atoms with Crippen LogP contribution in [0, 0.1) is 0 Å². The van der Waals surface area contributed by atoms with Gasteiger partial charge in [-0.15, -0.1) is 0 Å². The zero-order valence-electron chi connectivity index (χ0n) is 16.5. The molecular formula is C22H25N3O3. The van der Waals surface area contributed by atoms with Gasteiger partial charge in [0.15, 0.2) is 0 Å². The third-order valence-corrected chi connectivity index (χ3v) is 4.80. The Hall–Kier alpha value is -3.28. The quantitative estimate of drug-likeness (QED) is 0.732. The lowest BCUT2D eigenvalue weighted by atomic mass is 9.92. The maximum absolute atomic E-state index is 13.0. The van der Waals surface area contributed by atoms with E-state index in [0.29, 0.717) is 28.6 Å². The summed E-state index contributed by atoms with van der Waals surface area (Å²) in [5, 5.41) is 8.44. The molecule has 6 heteroatoms. The fourth-order valence-corrected chi connectivity index (χ4v) is 3.19. The fraction of sp³-hybridized carbons (Fsp3) is 0.273. The average molecular weight is 379 g/mol. The largest absolute Gasteiger partial charge is 0.497 e. The van der Waals surface area contributed by atoms with Crippen LogP contribution in [0.1, 0.15) is 43.9 Å². The Morgan fingerprint density at radius 3 is 2.29 bits per heavy atom. The molecule has 2 aromatic rings. The Bertz CT molecular complexity index is 900. The van der Waals surface area contributed by atoms with Crippen LogP contribution < -0.4 is 20.7 Å². The summed E-state index contributed by atoms with van der Waals surface area (Å²) in [6, 6.07) is 14.2. The van der Waals surface area contributed by atoms with E-state index in [1.54, 1.807) is 38.3 Å². The van der Waals surface area contributed by atoms with Gasteiger partial charge in [0.25, 0.3) is 5.91 Å². The molecule has 1 aliphatic rings. The molecule has 6 nitrogen and oxygen atoms in total. The van der Waals surface area contributed by atoms with Crippen LogP contribution in [-0.4, -0.2) is 19.0 Å². The van der Waals surface area contributed by atoms with E-state index in [9.17, 15) is 9.59 Å². The van der Waals surface area contributed by atoms with E-state index in [-0.39, 0.29) is 11.9 Å². The van der Waals surface area contributed by atoms with Crippen LogP contribution in [-0.2, 0) is 4.79 Å². The lowest BCUT2D eigenvalue weighted by molar-refractivity contribution is -0.113. The third-order valence-electron chi connectivity index (χ3n) is 4.80. The number of urea groups is 1. The van der Waals surface area contributed by atoms with Gasteiger partial charge in [-0.3, -0.25) is 4.79 Å². The molecule has 0 spiro atoms. The summed E-state index contributed by atoms with van der Waals surface area (Å²) < 4.78 is 5.14. The second-order valence-electron chi connectivity index (χ2n) is 7.07. The van der Waals surface area contributed by atoms with Crippen molar-refractivity contribution in [1.29, 1.82) is 0 Å². The Morgan fingerprint density at radius 2 is 1.71 bits per heavy atom. The van der Waals surface area contributed by atoms with Crippen molar-refractivity contribution in [2.45, 2.75) is 32.7 Å². The number of benzene rings is 2. The van der Waals surface area contributed by atoms with Crippen LogP contribution in [0.3, 0.4) is 0 Å². The van der Waals surface area contributed by atoms with Crippen molar-refractivity contribution in [1.82, 2.24) is 10.6 Å². The summed E-state index contributed by atoms with van der Waals surface area (Å²) in [6.07, 6.45) is 0. The average Bonchev–Trinajstić information content (AvgIpc) is 2.68. The second kappa shape index (κ2) is 8.17. The smallest absolute Gasteiger partial charge is 0.319 e. The van der Waals surface area contributed by atoms with Crippen molar-refractivity contribution in [3.63, 3.8) is 0 Å². The topological polar surface area (TPSA) is 79.5 Å². The number of nitrogens with one attached hydrogen (secondary N) is 3. The number of hydrogen-bond donors (Lipinski definition) is 3. The van der Waals surface area contributed by atoms with Crippen LogP contribution >= 0.6 is 0 Å². The molecule has 0 bridgehead atoms. The highest BCUT2D eigenvalue weighted by atomic mass is 16.5. The predicted octanol–water partition coefficient (Wildman–Crippen LogP) is 4.09. The zero-order valence-corrected chi connectivity index (χ0v) is 16.5. The molecule has 146 valence electrons. The Labute approximate surface area is 165 Å². The Kier molecular flexibility index (Phi) is 5.68. The maximum atomic E-state index is 13.0. The SMILES string of the molecule is COc1ccc(NC(=O)C2=C(C)NC(=O)N[C@@H]2c2ccc(C(C)C)cc2)cc1. The van der Waals surface area contributed by atoms with Gasteiger partial charge >= 0.3 is 6.03 Å². The van der Waals surface area contributed by atoms with Gasteiger partial charge in [0, 0.05) is 11.4 Å². The van der Waals surface area contributed by atoms with E-state index in [0.717, 1.165) is 5.56 Å². The number of ether oxygens (including phenoxy) is 1. The molecule has 0 aliphatic carbocycles. The first-order valence-electron chi connectivity index (χ1n) is 9.22. The molecule has 3 N–H and O–H groups in total. The van der Waals surface area contributed by atoms with Crippen molar-refractivity contribution in [2.75, 3.05) is 12.4 Å². The van der Waals surface area contributed by atoms with Crippen LogP contribution in [0.4, 0.5) is 10.5 Å². The van der Waals surface area contributed by atoms with Gasteiger partial charge in [-0.2, -0.15) is 0 Å². The molecule has 1 aliphatic heterocycles. The summed E-state index contributed by atoms with van der Waals surface area (Å²) >= 11 is 0. The molecule has 1 atom stereocenters. The summed E-state index contributed by atoms with van der Waals surface area (Å²) in [6.45, 7) is 5.98. The van der Waals surface area contributed by atoms with Gasteiger partial charge in [0.1, 0.15) is 5.75 Å². The monoisotopic (exact) mass is 379 g/mol. The highest BCUT2D eigenvalue weighted by Crippen LogP contribution is 2.29. The minimum Gasteiger partial charge on any atom is -0.497 e. The normalized spacial score (nSPS) is 16.5. The molecule has 0 saturated carbocycles. The lowest BCUT2D eigenvalue weighted by Crippen LogP contribution is -2.45. The minimum absolute atomic E-state index is 0.270. The van der Waals surface area contributed by atoms with Crippen LogP contribution in [0.15, 0.2) is 59.8 Å². The number of carbonyl (C=O) groups is 2. The number of hydrogen-bond acceptors (Lipinski definition) is 3. The van der Waals surface area contributed by atoms with Crippen molar-refractivity contribution in [3.05, 3.63) is 70.9 Å². The van der Waals surface area contributed by atoms with Gasteiger partial charge in [0.05, 0.1) is 18.7 Å². The van der Waals surface area contributed by atoms with E-state index in [4.69, 9.17) is 4.74 Å². The zero-order chi connectivity index (χ0) is 20.3. The summed E-state index contributed by atoms with van der Waals surface area (Å²) in [5.41, 5.74) is 3.73. The van der Waals surface area contributed by atoms with Gasteiger partial charge < -0.3 is 20.7 Å². The molecule has 3 amide bonds. The van der Waals surface area contributed by atoms with Gasteiger partial charge in [0.2, 0.25) is 0 Å². The van der Waals surface area contributed by atoms with Gasteiger partial charge in [-0.1, -0.05) is 38.1 Å². The van der Waals surface area contributed by atoms with Gasteiger partial charge in [-0.25, -0.2) is 4.79 Å². The molecule has 3 rings (SSSR count). The highest BCUT2D eigenvalue weighted by Gasteiger charge is 2.31. The minimum atomic E-state index is -0.520. The molecule has 1 heterocycles. The van der Waals surface area contributed by atoms with Crippen molar-refractivity contribution < 1.29 is 14.3 Å². The standard InChI is InChI=1S/C22H25N3O3/c1-13(2)15-5-7-16(8-6-15)20-19(14(3)23-22(27)25-20)21(26)24-17-9-11-18(28-4)12-10-17/h5-13,20H,1-4H3,(H,24,26)(H2,23,25,27)/t20-/m1/s1. The number of allylic oxidation sites excluding steroid dienone is 1. The number of anilines is 1. The maximum Gasteiger partial charge on any atom is 0.319 e. The summed E-state index contributed by atoms with van der Waals surface area (Å²) in [4.78, 5) is 25.0. The van der Waals surface area contributed by atoms with Crippen LogP contribution in [0.25, 0.3) is 0 Å². The predicted molar refractivity (Wildman–Crippen MR) is 109 cm³/mol. The molecule has 0 radical (unpaired) electrons. The van der Waals surface area contributed by atoms with E-state index >= 15 is 0 Å². The van der Waals surface area contributed by atoms with Gasteiger partial charge in [-0.05, 0) is 48.2 Å². The van der Waals surface area contributed by atoms with E-state index in [1.165, 1.54) is 5.56 Å². The molecular weight excluding hydrogens is 354 g/mol. The molecule has 0 unspecified atom stereocenters. The molecule has 0 fully saturated rings. The van der Waals surface area contributed by atoms with Crippen molar-refractivity contribution in [3.8, 4) is 5.75 Å². The summed E-state index contributed by atoms with van der Waals surface area (Å²) in [5.74, 6) is 0.850. The van der Waals surface area contributed by atoms with E-state index in [2.05, 4.69) is 29.8 Å². The summed E-state index contributed by atoms with van der Waals surface area (Å²) in [7, 11) is 1.59. The lowest BCUT2D eigenvalue weighted by Gasteiger charge is -2.29. The third kappa shape index (κ3) is 4.17. The van der Waals surface area contributed by atoms with E-state index in [1.807, 2.05) is 24.3 Å². The first-order chi connectivity index (χ1) is 13.4. The Morgan fingerprint density at radius 1 is 1.07 bits per heavy atom. The molecule has 0 saturated heterocycles. The van der Waals surface area contributed by atoms with Crippen molar-refractivity contribution >= 4 is 17.6 Å². The van der Waals surface area contributed by atoms with Crippen LogP contribution in [0.5, 0.6) is 5.75 Å². The molecule has 0 aromatic heterocycles. The van der Waals surface area contributed by atoms with Crippen LogP contribution in [0.2, 0.25) is 0 Å². The number of amides is 3. The number of carbonyl (C=O) groups excluding carboxylic acids is 2. The van der Waals surface area contributed by atoms with E-state index < -0.39 is 6.04 Å². The molecule has 2 aromatic carbocycles. The molecule has 28 heavy (non-hydrogen) atoms. The second-order valence-corrected chi connectivity index (χ2v) is 7.07. The Balaban J connectivity index is 1.89. The van der Waals surface area contributed by atoms with Crippen molar-refractivity contribution in [2.24, 2.45) is 0 Å². The number of rotatable bonds is 5. The fourth-order valence-electron chi connectivity index (χ4n) is 3.19. The first-order valence-corrected chi connectivity index (χ1v) is 9.22. The first kappa shape index (κ1) is 19.5. The highest BCUT2D eigenvalue weighted by molar-refractivity contribution is 6.06.